The van der Waals surface area contributed by atoms with Crippen molar-refractivity contribution in [1.82, 2.24) is 0 Å². The number of hydrogen-bond acceptors (Lipinski definition) is 0. The van der Waals surface area contributed by atoms with Gasteiger partial charge in [-0.2, -0.15) is 0 Å². The summed E-state index contributed by atoms with van der Waals surface area (Å²) in [6.45, 7) is 16.5. The molecule has 0 heterocycles. The molecule has 3 heteroatoms. The summed E-state index contributed by atoms with van der Waals surface area (Å²) in [4.78, 5) is 0. The SMILES string of the molecule is CC(C)(C)C1=CC[C]([Zr](=[C](c2cccc(Cl)c2)c2cccc(Cl)c2)[CH]2c3cc4c(cc3-c3cc5c(cc32)C(C)(C)C=C5)C=CC4(C)C)=C1. The van der Waals surface area contributed by atoms with E-state index in [0.717, 1.165) is 16.5 Å². The van der Waals surface area contributed by atoms with E-state index in [9.17, 15) is 0 Å². The quantitative estimate of drug-likeness (QED) is 0.195. The van der Waals surface area contributed by atoms with Crippen LogP contribution in [0.3, 0.4) is 0 Å². The predicted octanol–water partition coefficient (Wildman–Crippen LogP) is 12.8. The van der Waals surface area contributed by atoms with Crippen LogP contribution in [0, 0.1) is 5.41 Å². The number of hydrogen-bond donors (Lipinski definition) is 0. The third-order valence-electron chi connectivity index (χ3n) is 11.0. The van der Waals surface area contributed by atoms with Gasteiger partial charge in [-0.25, -0.2) is 0 Å². The first-order valence-corrected chi connectivity index (χ1v) is 21.8. The third kappa shape index (κ3) is 5.32. The fraction of sp³-hybridized carbons (Fsp3) is 0.267. The molecule has 240 valence electrons. The van der Waals surface area contributed by atoms with Crippen molar-refractivity contribution in [3.05, 3.63) is 161 Å². The summed E-state index contributed by atoms with van der Waals surface area (Å²) in [7, 11) is 0. The average molecular weight is 745 g/mol. The van der Waals surface area contributed by atoms with Crippen molar-refractivity contribution >= 4 is 38.6 Å². The number of rotatable bonds is 4. The Balaban J connectivity index is 1.51. The van der Waals surface area contributed by atoms with Crippen LogP contribution in [0.4, 0.5) is 0 Å². The molecule has 0 aliphatic heterocycles. The van der Waals surface area contributed by atoms with Crippen molar-refractivity contribution in [2.75, 3.05) is 0 Å². The summed E-state index contributed by atoms with van der Waals surface area (Å²) in [6.07, 6.45) is 15.5. The van der Waals surface area contributed by atoms with Crippen molar-refractivity contribution < 1.29 is 21.3 Å². The van der Waals surface area contributed by atoms with Gasteiger partial charge in [0.05, 0.1) is 0 Å². The third-order valence-corrected chi connectivity index (χ3v) is 19.7. The monoisotopic (exact) mass is 742 g/mol. The van der Waals surface area contributed by atoms with Crippen LogP contribution < -0.4 is 0 Å². The second-order valence-corrected chi connectivity index (χ2v) is 23.3. The predicted molar refractivity (Wildman–Crippen MR) is 204 cm³/mol. The zero-order valence-electron chi connectivity index (χ0n) is 28.9. The number of allylic oxidation sites excluding steroid dienone is 6. The fourth-order valence-electron chi connectivity index (χ4n) is 8.35. The normalized spacial score (nSPS) is 17.9. The van der Waals surface area contributed by atoms with Crippen molar-refractivity contribution in [2.24, 2.45) is 5.41 Å². The first-order valence-electron chi connectivity index (χ1n) is 17.1. The van der Waals surface area contributed by atoms with Gasteiger partial charge in [0.25, 0.3) is 0 Å². The molecule has 4 aromatic carbocycles. The summed E-state index contributed by atoms with van der Waals surface area (Å²) < 4.78 is 3.40. The van der Waals surface area contributed by atoms with Gasteiger partial charge >= 0.3 is 306 Å². The van der Waals surface area contributed by atoms with Crippen LogP contribution in [0.1, 0.15) is 103 Å². The Morgan fingerprint density at radius 3 is 1.65 bits per heavy atom. The second kappa shape index (κ2) is 11.3. The van der Waals surface area contributed by atoms with Crippen LogP contribution in [0.15, 0.2) is 106 Å². The number of fused-ring (bicyclic) bond motifs is 5. The Morgan fingerprint density at radius 1 is 0.708 bits per heavy atom. The molecule has 4 aromatic rings. The summed E-state index contributed by atoms with van der Waals surface area (Å²) in [5, 5.41) is 1.54. The van der Waals surface area contributed by atoms with E-state index >= 15 is 0 Å². The maximum absolute atomic E-state index is 6.81. The van der Waals surface area contributed by atoms with E-state index in [2.05, 4.69) is 146 Å². The molecule has 0 unspecified atom stereocenters. The Hall–Kier alpha value is -2.83. The van der Waals surface area contributed by atoms with Crippen molar-refractivity contribution in [2.45, 2.75) is 69.3 Å². The molecule has 4 aliphatic carbocycles. The fourth-order valence-corrected chi connectivity index (χ4v) is 17.7. The van der Waals surface area contributed by atoms with E-state index in [1.54, 1.807) is 3.28 Å². The van der Waals surface area contributed by atoms with E-state index in [-0.39, 0.29) is 16.2 Å². The van der Waals surface area contributed by atoms with E-state index in [1.807, 2.05) is 12.1 Å². The maximum atomic E-state index is 6.81. The molecule has 0 fully saturated rings. The van der Waals surface area contributed by atoms with Crippen LogP contribution in [0.25, 0.3) is 23.3 Å². The van der Waals surface area contributed by atoms with E-state index in [4.69, 9.17) is 23.2 Å². The van der Waals surface area contributed by atoms with Crippen LogP contribution in [0.2, 0.25) is 10.0 Å². The first kappa shape index (κ1) is 32.4. The van der Waals surface area contributed by atoms with E-state index in [0.29, 0.717) is 3.63 Å². The van der Waals surface area contributed by atoms with Gasteiger partial charge in [-0.05, 0) is 0 Å². The number of benzene rings is 4. The van der Waals surface area contributed by atoms with Crippen LogP contribution in [-0.2, 0) is 32.1 Å². The Morgan fingerprint density at radius 2 is 1.21 bits per heavy atom. The molecule has 4 aliphatic rings. The van der Waals surface area contributed by atoms with Gasteiger partial charge in [-0.3, -0.25) is 0 Å². The molecular weight excluding hydrogens is 703 g/mol. The van der Waals surface area contributed by atoms with Gasteiger partial charge in [0.15, 0.2) is 0 Å². The summed E-state index contributed by atoms with van der Waals surface area (Å²) >= 11 is 10.6. The molecule has 0 atom stereocenters. The standard InChI is InChI=1S/C23H21.C13H8Cl2.C9H13.Zr/c1-22(2)7-5-14-10-18-16(12-20(14)22)9-17-13-21-15(11-19(17)18)6-8-23(21,3)4;14-12-5-1-3-10(8-12)7-11-4-2-6-13(15)9-11;1-9(2,3)8-6-4-5-7-8;/h5-13H,1-4H3;1-6,8-9H;6-7H,4H2,1-3H3;. The summed E-state index contributed by atoms with van der Waals surface area (Å²) in [6, 6.07) is 27.4. The molecule has 0 saturated carbocycles. The molecular formula is C45H42Cl2Zr. The molecule has 0 radical (unpaired) electrons. The second-order valence-electron chi connectivity index (χ2n) is 16.2. The topological polar surface area (TPSA) is 0 Å². The van der Waals surface area contributed by atoms with Crippen molar-refractivity contribution in [3.8, 4) is 11.1 Å². The first-order chi connectivity index (χ1) is 22.7. The molecule has 0 N–H and O–H groups in total. The molecule has 0 spiro atoms. The molecule has 8 rings (SSSR count). The van der Waals surface area contributed by atoms with E-state index in [1.165, 1.54) is 64.4 Å². The minimum atomic E-state index is -3.00. The Kier molecular flexibility index (Phi) is 7.66. The molecule has 0 saturated heterocycles. The van der Waals surface area contributed by atoms with Gasteiger partial charge in [0, 0.05) is 0 Å². The number of halogens is 2. The Bertz CT molecular complexity index is 2080. The van der Waals surface area contributed by atoms with E-state index < -0.39 is 21.3 Å². The molecule has 0 bridgehead atoms. The van der Waals surface area contributed by atoms with Crippen molar-refractivity contribution in [1.29, 1.82) is 0 Å². The van der Waals surface area contributed by atoms with Crippen LogP contribution in [-0.4, -0.2) is 3.21 Å². The van der Waals surface area contributed by atoms with Gasteiger partial charge in [0.1, 0.15) is 0 Å². The summed E-state index contributed by atoms with van der Waals surface area (Å²) in [5.74, 6) is 0. The van der Waals surface area contributed by atoms with Gasteiger partial charge in [-0.15, -0.1) is 0 Å². The van der Waals surface area contributed by atoms with Crippen LogP contribution >= 0.6 is 23.2 Å². The van der Waals surface area contributed by atoms with Gasteiger partial charge < -0.3 is 0 Å². The Labute approximate surface area is 304 Å². The van der Waals surface area contributed by atoms with Crippen molar-refractivity contribution in [3.63, 3.8) is 0 Å². The summed E-state index contributed by atoms with van der Waals surface area (Å²) in [5.41, 5.74) is 15.4. The van der Waals surface area contributed by atoms with Gasteiger partial charge in [-0.1, -0.05) is 0 Å². The molecule has 0 nitrogen and oxygen atoms in total. The molecule has 0 amide bonds. The molecule has 0 aromatic heterocycles. The van der Waals surface area contributed by atoms with Crippen LogP contribution in [0.5, 0.6) is 0 Å². The average Bonchev–Trinajstić information content (AvgIpc) is 3.78. The zero-order valence-corrected chi connectivity index (χ0v) is 32.9. The van der Waals surface area contributed by atoms with Gasteiger partial charge in [0.2, 0.25) is 0 Å². The molecule has 48 heavy (non-hydrogen) atoms. The zero-order chi connectivity index (χ0) is 33.7. The minimum absolute atomic E-state index is 0.000259.